The van der Waals surface area contributed by atoms with Gasteiger partial charge in [0.25, 0.3) is 0 Å². The molecule has 0 bridgehead atoms. The molecule has 0 unspecified atom stereocenters. The van der Waals surface area contributed by atoms with E-state index in [2.05, 4.69) is 5.10 Å². The molecular formula is C12H10FN3O4. The Kier molecular flexibility index (Phi) is 3.47. The number of hydrogen-bond acceptors (Lipinski definition) is 5. The van der Waals surface area contributed by atoms with Crippen molar-refractivity contribution in [1.29, 1.82) is 0 Å². The van der Waals surface area contributed by atoms with Gasteiger partial charge in [0.2, 0.25) is 11.7 Å². The van der Waals surface area contributed by atoms with Crippen LogP contribution in [0, 0.1) is 22.9 Å². The molecular weight excluding hydrogens is 269 g/mol. The molecule has 2 rings (SSSR count). The van der Waals surface area contributed by atoms with Gasteiger partial charge in [-0.05, 0) is 13.0 Å². The van der Waals surface area contributed by atoms with E-state index in [1.165, 1.54) is 10.7 Å². The van der Waals surface area contributed by atoms with Gasteiger partial charge in [0, 0.05) is 19.2 Å². The van der Waals surface area contributed by atoms with Gasteiger partial charge >= 0.3 is 5.69 Å². The summed E-state index contributed by atoms with van der Waals surface area (Å²) in [4.78, 5) is 20.6. The predicted octanol–water partition coefficient (Wildman–Crippen LogP) is 2.38. The van der Waals surface area contributed by atoms with Gasteiger partial charge in [-0.2, -0.15) is 9.49 Å². The van der Waals surface area contributed by atoms with Crippen LogP contribution in [0.15, 0.2) is 18.2 Å². The fraction of sp³-hybridized carbons (Fsp3) is 0.167. The molecule has 1 aromatic heterocycles. The van der Waals surface area contributed by atoms with Crippen LogP contribution in [-0.2, 0) is 7.05 Å². The zero-order valence-corrected chi connectivity index (χ0v) is 10.7. The summed E-state index contributed by atoms with van der Waals surface area (Å²) in [5.41, 5.74) is 0.0697. The maximum Gasteiger partial charge on any atom is 0.305 e. The third-order valence-corrected chi connectivity index (χ3v) is 2.66. The van der Waals surface area contributed by atoms with Crippen molar-refractivity contribution in [3.8, 4) is 11.6 Å². The number of halogens is 1. The van der Waals surface area contributed by atoms with E-state index < -0.39 is 16.4 Å². The number of nitro groups is 1. The smallest absolute Gasteiger partial charge is 0.305 e. The summed E-state index contributed by atoms with van der Waals surface area (Å²) in [6.07, 6.45) is 0.583. The molecule has 0 saturated carbocycles. The Morgan fingerprint density at radius 1 is 1.50 bits per heavy atom. The van der Waals surface area contributed by atoms with Gasteiger partial charge in [-0.1, -0.05) is 0 Å². The maximum absolute atomic E-state index is 13.5. The van der Waals surface area contributed by atoms with Crippen LogP contribution in [0.3, 0.4) is 0 Å². The molecule has 0 fully saturated rings. The zero-order valence-electron chi connectivity index (χ0n) is 10.7. The molecule has 0 amide bonds. The van der Waals surface area contributed by atoms with Crippen molar-refractivity contribution in [3.63, 3.8) is 0 Å². The number of benzene rings is 1. The summed E-state index contributed by atoms with van der Waals surface area (Å²) in [7, 11) is 1.57. The number of aryl methyl sites for hydroxylation is 2. The fourth-order valence-electron chi connectivity index (χ4n) is 1.72. The van der Waals surface area contributed by atoms with Crippen molar-refractivity contribution in [1.82, 2.24) is 9.78 Å². The lowest BCUT2D eigenvalue weighted by Crippen LogP contribution is -1.98. The summed E-state index contributed by atoms with van der Waals surface area (Å²) >= 11 is 0. The Morgan fingerprint density at radius 3 is 2.75 bits per heavy atom. The number of carbonyl (C=O) groups is 1. The Hall–Kier alpha value is -2.77. The number of ether oxygens (including phenoxy) is 1. The molecule has 8 heteroatoms. The minimum atomic E-state index is -1.01. The van der Waals surface area contributed by atoms with E-state index in [1.54, 1.807) is 14.0 Å². The summed E-state index contributed by atoms with van der Waals surface area (Å²) in [6, 6.07) is 3.13. The maximum atomic E-state index is 13.5. The van der Waals surface area contributed by atoms with Crippen molar-refractivity contribution < 1.29 is 18.8 Å². The number of carbonyl (C=O) groups excluding carboxylic acids is 1. The second kappa shape index (κ2) is 5.08. The van der Waals surface area contributed by atoms with Crippen LogP contribution in [-0.4, -0.2) is 21.0 Å². The highest BCUT2D eigenvalue weighted by Crippen LogP contribution is 2.29. The monoisotopic (exact) mass is 279 g/mol. The second-order valence-electron chi connectivity index (χ2n) is 4.02. The van der Waals surface area contributed by atoms with Crippen molar-refractivity contribution in [2.45, 2.75) is 6.92 Å². The highest BCUT2D eigenvalue weighted by molar-refractivity contribution is 5.80. The van der Waals surface area contributed by atoms with Crippen molar-refractivity contribution >= 4 is 12.0 Å². The lowest BCUT2D eigenvalue weighted by molar-refractivity contribution is -0.387. The molecule has 0 radical (unpaired) electrons. The Morgan fingerprint density at radius 2 is 2.20 bits per heavy atom. The molecule has 0 aliphatic carbocycles. The summed E-state index contributed by atoms with van der Waals surface area (Å²) in [5, 5.41) is 14.5. The number of nitro benzene ring substituents is 1. The highest BCUT2D eigenvalue weighted by Gasteiger charge is 2.18. The number of aromatic nitrogens is 2. The topological polar surface area (TPSA) is 87.3 Å². The van der Waals surface area contributed by atoms with Gasteiger partial charge in [-0.25, -0.2) is 4.68 Å². The van der Waals surface area contributed by atoms with Gasteiger partial charge < -0.3 is 4.74 Å². The lowest BCUT2D eigenvalue weighted by Gasteiger charge is -2.06. The second-order valence-corrected chi connectivity index (χ2v) is 4.02. The molecule has 0 N–H and O–H groups in total. The van der Waals surface area contributed by atoms with E-state index in [9.17, 15) is 19.3 Å². The van der Waals surface area contributed by atoms with Crippen molar-refractivity contribution in [2.24, 2.45) is 7.05 Å². The highest BCUT2D eigenvalue weighted by atomic mass is 19.1. The van der Waals surface area contributed by atoms with E-state index in [0.29, 0.717) is 12.0 Å². The third kappa shape index (κ3) is 2.35. The molecule has 0 aliphatic heterocycles. The normalized spacial score (nSPS) is 10.3. The van der Waals surface area contributed by atoms with Crippen LogP contribution < -0.4 is 4.74 Å². The van der Waals surface area contributed by atoms with Crippen LogP contribution in [0.4, 0.5) is 10.1 Å². The first-order valence-electron chi connectivity index (χ1n) is 5.54. The first-order chi connectivity index (χ1) is 9.43. The zero-order chi connectivity index (χ0) is 14.9. The van der Waals surface area contributed by atoms with Gasteiger partial charge in [0.1, 0.15) is 5.75 Å². The van der Waals surface area contributed by atoms with Gasteiger partial charge in [-0.3, -0.25) is 14.9 Å². The molecule has 2 aromatic rings. The standard InChI is InChI=1S/C12H10FN3O4/c1-7-9(6-17)12(15(2)14-7)20-8-3-4-11(16(18)19)10(13)5-8/h3-6H,1-2H3. The third-order valence-electron chi connectivity index (χ3n) is 2.66. The van der Waals surface area contributed by atoms with Crippen molar-refractivity contribution in [2.75, 3.05) is 0 Å². The van der Waals surface area contributed by atoms with E-state index in [-0.39, 0.29) is 17.2 Å². The molecule has 1 aromatic carbocycles. The quantitative estimate of drug-likeness (QED) is 0.487. The number of hydrogen-bond donors (Lipinski definition) is 0. The number of rotatable bonds is 4. The molecule has 0 saturated heterocycles. The predicted molar refractivity (Wildman–Crippen MR) is 66.5 cm³/mol. The molecule has 0 aliphatic rings. The van der Waals surface area contributed by atoms with E-state index in [0.717, 1.165) is 12.1 Å². The van der Waals surface area contributed by atoms with Gasteiger partial charge in [-0.15, -0.1) is 0 Å². The fourth-order valence-corrected chi connectivity index (χ4v) is 1.72. The average molecular weight is 279 g/mol. The van der Waals surface area contributed by atoms with Gasteiger partial charge in [0.15, 0.2) is 6.29 Å². The minimum absolute atomic E-state index is 0.0409. The van der Waals surface area contributed by atoms with Crippen LogP contribution in [0.5, 0.6) is 11.6 Å². The summed E-state index contributed by atoms with van der Waals surface area (Å²) in [6.45, 7) is 1.63. The Bertz CT molecular complexity index is 696. The summed E-state index contributed by atoms with van der Waals surface area (Å²) in [5.74, 6) is -0.830. The summed E-state index contributed by atoms with van der Waals surface area (Å²) < 4.78 is 20.2. The SMILES string of the molecule is Cc1nn(C)c(Oc2ccc([N+](=O)[O-])c(F)c2)c1C=O. The number of nitrogens with zero attached hydrogens (tertiary/aromatic N) is 3. The van der Waals surface area contributed by atoms with E-state index >= 15 is 0 Å². The molecule has 7 nitrogen and oxygen atoms in total. The van der Waals surface area contributed by atoms with E-state index in [4.69, 9.17) is 4.74 Å². The van der Waals surface area contributed by atoms with Crippen molar-refractivity contribution in [3.05, 3.63) is 45.4 Å². The first kappa shape index (κ1) is 13.7. The average Bonchev–Trinajstić information content (AvgIpc) is 2.63. The van der Waals surface area contributed by atoms with Crippen LogP contribution in [0.1, 0.15) is 16.1 Å². The molecule has 0 spiro atoms. The largest absolute Gasteiger partial charge is 0.438 e. The lowest BCUT2D eigenvalue weighted by atomic mass is 10.2. The minimum Gasteiger partial charge on any atom is -0.438 e. The van der Waals surface area contributed by atoms with Crippen LogP contribution in [0.2, 0.25) is 0 Å². The molecule has 0 atom stereocenters. The van der Waals surface area contributed by atoms with Crippen LogP contribution in [0.25, 0.3) is 0 Å². The van der Waals surface area contributed by atoms with Crippen LogP contribution >= 0.6 is 0 Å². The molecule has 1 heterocycles. The Labute approximate surface area is 112 Å². The molecule has 20 heavy (non-hydrogen) atoms. The molecule has 104 valence electrons. The number of aldehydes is 1. The van der Waals surface area contributed by atoms with Gasteiger partial charge in [0.05, 0.1) is 16.2 Å². The first-order valence-corrected chi connectivity index (χ1v) is 5.54. The Balaban J connectivity index is 2.38. The van der Waals surface area contributed by atoms with E-state index in [1.807, 2.05) is 0 Å².